The van der Waals surface area contributed by atoms with Gasteiger partial charge in [0, 0.05) is 19.6 Å². The first-order valence-corrected chi connectivity index (χ1v) is 6.09. The fourth-order valence-corrected chi connectivity index (χ4v) is 2.42. The predicted molar refractivity (Wildman–Crippen MR) is 58.8 cm³/mol. The summed E-state index contributed by atoms with van der Waals surface area (Å²) in [4.78, 5) is 2.53. The van der Waals surface area contributed by atoms with Gasteiger partial charge in [0.05, 0.1) is 18.8 Å². The highest BCUT2D eigenvalue weighted by molar-refractivity contribution is 4.93. The molecular formula is C11H18N4O. The van der Waals surface area contributed by atoms with Gasteiger partial charge in [-0.05, 0) is 25.2 Å². The van der Waals surface area contributed by atoms with Crippen molar-refractivity contribution in [1.82, 2.24) is 19.9 Å². The molecule has 1 saturated carbocycles. The van der Waals surface area contributed by atoms with Gasteiger partial charge in [0.1, 0.15) is 5.69 Å². The molecule has 16 heavy (non-hydrogen) atoms. The SMILES string of the molecule is OCc1cn(C2CCN(CC3CC3)C2)nn1. The van der Waals surface area contributed by atoms with Gasteiger partial charge in [-0.3, -0.25) is 0 Å². The van der Waals surface area contributed by atoms with Crippen molar-refractivity contribution in [1.29, 1.82) is 0 Å². The summed E-state index contributed by atoms with van der Waals surface area (Å²) in [6.07, 6.45) is 5.85. The first kappa shape index (κ1) is 10.2. The zero-order valence-corrected chi connectivity index (χ0v) is 9.42. The third kappa shape index (κ3) is 2.10. The third-order valence-corrected chi connectivity index (χ3v) is 3.55. The Morgan fingerprint density at radius 2 is 2.25 bits per heavy atom. The Kier molecular flexibility index (Phi) is 2.65. The molecule has 1 aromatic heterocycles. The van der Waals surface area contributed by atoms with Crippen LogP contribution in [0.4, 0.5) is 0 Å². The number of likely N-dealkylation sites (tertiary alicyclic amines) is 1. The Morgan fingerprint density at radius 3 is 2.94 bits per heavy atom. The van der Waals surface area contributed by atoms with Gasteiger partial charge in [-0.15, -0.1) is 5.10 Å². The van der Waals surface area contributed by atoms with Crippen LogP contribution in [0.1, 0.15) is 31.0 Å². The number of rotatable bonds is 4. The highest BCUT2D eigenvalue weighted by Gasteiger charge is 2.30. The van der Waals surface area contributed by atoms with E-state index in [1.807, 2.05) is 10.9 Å². The van der Waals surface area contributed by atoms with E-state index >= 15 is 0 Å². The van der Waals surface area contributed by atoms with Gasteiger partial charge in [0.15, 0.2) is 0 Å². The largest absolute Gasteiger partial charge is 0.390 e. The minimum absolute atomic E-state index is 0.0154. The average Bonchev–Trinajstić information content (AvgIpc) is 2.83. The number of aliphatic hydroxyl groups excluding tert-OH is 1. The Labute approximate surface area is 95.1 Å². The van der Waals surface area contributed by atoms with Crippen LogP contribution in [0.15, 0.2) is 6.20 Å². The fraction of sp³-hybridized carbons (Fsp3) is 0.818. The van der Waals surface area contributed by atoms with Crippen molar-refractivity contribution in [3.8, 4) is 0 Å². The van der Waals surface area contributed by atoms with Crippen LogP contribution in [-0.4, -0.2) is 44.6 Å². The summed E-state index contributed by atoms with van der Waals surface area (Å²) >= 11 is 0. The molecule has 1 unspecified atom stereocenters. The zero-order chi connectivity index (χ0) is 11.0. The molecule has 2 fully saturated rings. The molecule has 5 heteroatoms. The molecule has 3 rings (SSSR count). The lowest BCUT2D eigenvalue weighted by atomic mass is 10.3. The minimum Gasteiger partial charge on any atom is -0.390 e. The molecular weight excluding hydrogens is 204 g/mol. The van der Waals surface area contributed by atoms with E-state index in [-0.39, 0.29) is 6.61 Å². The van der Waals surface area contributed by atoms with Crippen molar-refractivity contribution < 1.29 is 5.11 Å². The summed E-state index contributed by atoms with van der Waals surface area (Å²) in [5.74, 6) is 0.961. The number of aliphatic hydroxyl groups is 1. The monoisotopic (exact) mass is 222 g/mol. The normalized spacial score (nSPS) is 26.4. The molecule has 1 aliphatic carbocycles. The molecule has 2 aliphatic rings. The Hall–Kier alpha value is -0.940. The van der Waals surface area contributed by atoms with Gasteiger partial charge < -0.3 is 10.0 Å². The van der Waals surface area contributed by atoms with Crippen molar-refractivity contribution in [2.24, 2.45) is 5.92 Å². The summed E-state index contributed by atoms with van der Waals surface area (Å²) in [6.45, 7) is 3.51. The van der Waals surface area contributed by atoms with E-state index in [1.54, 1.807) is 0 Å². The molecule has 1 N–H and O–H groups in total. The quantitative estimate of drug-likeness (QED) is 0.802. The molecule has 0 bridgehead atoms. The predicted octanol–water partition coefficient (Wildman–Crippen LogP) is 0.427. The summed E-state index contributed by atoms with van der Waals surface area (Å²) in [6, 6.07) is 0.451. The molecule has 1 saturated heterocycles. The molecule has 1 aliphatic heterocycles. The van der Waals surface area contributed by atoms with E-state index in [1.165, 1.54) is 25.9 Å². The van der Waals surface area contributed by atoms with Crippen LogP contribution in [0.3, 0.4) is 0 Å². The maximum Gasteiger partial charge on any atom is 0.108 e. The molecule has 88 valence electrons. The van der Waals surface area contributed by atoms with Gasteiger partial charge in [-0.2, -0.15) is 0 Å². The van der Waals surface area contributed by atoms with Gasteiger partial charge in [-0.1, -0.05) is 5.21 Å². The van der Waals surface area contributed by atoms with Crippen LogP contribution in [0.25, 0.3) is 0 Å². The topological polar surface area (TPSA) is 54.2 Å². The highest BCUT2D eigenvalue weighted by atomic mass is 16.3. The first-order chi connectivity index (χ1) is 7.85. The lowest BCUT2D eigenvalue weighted by molar-refractivity contribution is 0.276. The summed E-state index contributed by atoms with van der Waals surface area (Å²) in [5.41, 5.74) is 0.667. The number of hydrogen-bond acceptors (Lipinski definition) is 4. The fourth-order valence-electron chi connectivity index (χ4n) is 2.42. The van der Waals surface area contributed by atoms with Crippen molar-refractivity contribution in [2.45, 2.75) is 31.9 Å². The number of hydrogen-bond donors (Lipinski definition) is 1. The van der Waals surface area contributed by atoms with Crippen LogP contribution in [0.2, 0.25) is 0 Å². The molecule has 1 atom stereocenters. The average molecular weight is 222 g/mol. The number of nitrogens with zero attached hydrogens (tertiary/aromatic N) is 4. The van der Waals surface area contributed by atoms with E-state index in [0.29, 0.717) is 11.7 Å². The van der Waals surface area contributed by atoms with Crippen LogP contribution >= 0.6 is 0 Å². The molecule has 0 amide bonds. The summed E-state index contributed by atoms with van der Waals surface area (Å²) < 4.78 is 1.92. The van der Waals surface area contributed by atoms with Gasteiger partial charge in [-0.25, -0.2) is 4.68 Å². The van der Waals surface area contributed by atoms with E-state index in [0.717, 1.165) is 18.9 Å². The van der Waals surface area contributed by atoms with Crippen molar-refractivity contribution in [3.05, 3.63) is 11.9 Å². The van der Waals surface area contributed by atoms with Crippen LogP contribution in [0.5, 0.6) is 0 Å². The maximum absolute atomic E-state index is 8.95. The Balaban J connectivity index is 1.59. The molecule has 0 radical (unpaired) electrons. The minimum atomic E-state index is -0.0154. The van der Waals surface area contributed by atoms with Crippen molar-refractivity contribution in [3.63, 3.8) is 0 Å². The smallest absolute Gasteiger partial charge is 0.108 e. The second kappa shape index (κ2) is 4.14. The number of aromatic nitrogens is 3. The van der Waals surface area contributed by atoms with Crippen LogP contribution in [-0.2, 0) is 6.61 Å². The van der Waals surface area contributed by atoms with Gasteiger partial charge >= 0.3 is 0 Å². The Bertz CT molecular complexity index is 361. The van der Waals surface area contributed by atoms with Gasteiger partial charge in [0.25, 0.3) is 0 Å². The first-order valence-electron chi connectivity index (χ1n) is 6.09. The lowest BCUT2D eigenvalue weighted by Crippen LogP contribution is -2.24. The maximum atomic E-state index is 8.95. The standard InChI is InChI=1S/C11H18N4O/c16-8-10-6-15(13-12-10)11-3-4-14(7-11)5-9-1-2-9/h6,9,11,16H,1-5,7-8H2. The summed E-state index contributed by atoms with van der Waals surface area (Å²) in [7, 11) is 0. The molecule has 5 nitrogen and oxygen atoms in total. The second-order valence-corrected chi connectivity index (χ2v) is 4.99. The zero-order valence-electron chi connectivity index (χ0n) is 9.42. The molecule has 1 aromatic rings. The highest BCUT2D eigenvalue weighted by Crippen LogP contribution is 2.32. The van der Waals surface area contributed by atoms with Crippen molar-refractivity contribution in [2.75, 3.05) is 19.6 Å². The lowest BCUT2D eigenvalue weighted by Gasteiger charge is -2.14. The van der Waals surface area contributed by atoms with Crippen molar-refractivity contribution >= 4 is 0 Å². The van der Waals surface area contributed by atoms with E-state index in [4.69, 9.17) is 5.11 Å². The molecule has 2 heterocycles. The Morgan fingerprint density at radius 1 is 1.38 bits per heavy atom. The van der Waals surface area contributed by atoms with E-state index in [2.05, 4.69) is 15.2 Å². The molecule has 0 spiro atoms. The van der Waals surface area contributed by atoms with Crippen LogP contribution < -0.4 is 0 Å². The van der Waals surface area contributed by atoms with E-state index < -0.39 is 0 Å². The second-order valence-electron chi connectivity index (χ2n) is 4.99. The van der Waals surface area contributed by atoms with Crippen LogP contribution in [0, 0.1) is 5.92 Å². The summed E-state index contributed by atoms with van der Waals surface area (Å²) in [5, 5.41) is 16.9. The molecule has 0 aromatic carbocycles. The van der Waals surface area contributed by atoms with E-state index in [9.17, 15) is 0 Å². The third-order valence-electron chi connectivity index (χ3n) is 3.55. The van der Waals surface area contributed by atoms with Gasteiger partial charge in [0.2, 0.25) is 0 Å².